The highest BCUT2D eigenvalue weighted by atomic mass is 79.9. The fraction of sp³-hybridized carbons (Fsp3) is 0.375. The van der Waals surface area contributed by atoms with Gasteiger partial charge in [0, 0.05) is 28.8 Å². The summed E-state index contributed by atoms with van der Waals surface area (Å²) in [5.74, 6) is -2.33. The van der Waals surface area contributed by atoms with Crippen molar-refractivity contribution >= 4 is 33.7 Å². The molecule has 3 rings (SSSR count). The van der Waals surface area contributed by atoms with Crippen LogP contribution in [0, 0.1) is 18.3 Å². The molecular formula is C24H25BrO6. The van der Waals surface area contributed by atoms with Crippen LogP contribution >= 0.6 is 15.9 Å². The highest BCUT2D eigenvalue weighted by Crippen LogP contribution is 2.47. The van der Waals surface area contributed by atoms with E-state index in [2.05, 4.69) is 15.9 Å². The molecule has 2 atom stereocenters. The quantitative estimate of drug-likeness (QED) is 0.339. The molecule has 1 aliphatic rings. The normalized spacial score (nSPS) is 20.0. The van der Waals surface area contributed by atoms with Crippen molar-refractivity contribution in [3.8, 4) is 0 Å². The van der Waals surface area contributed by atoms with E-state index in [1.807, 2.05) is 31.2 Å². The van der Waals surface area contributed by atoms with Crippen molar-refractivity contribution in [3.05, 3.63) is 69.7 Å². The summed E-state index contributed by atoms with van der Waals surface area (Å²) in [5, 5.41) is 0. The Kier molecular flexibility index (Phi) is 7.28. The second-order valence-corrected chi connectivity index (χ2v) is 8.64. The zero-order chi connectivity index (χ0) is 22.6. The van der Waals surface area contributed by atoms with Crippen LogP contribution in [0.15, 0.2) is 53.0 Å². The second-order valence-electron chi connectivity index (χ2n) is 7.72. The number of benzene rings is 2. The lowest BCUT2D eigenvalue weighted by Gasteiger charge is -2.42. The molecule has 2 aromatic carbocycles. The number of rotatable bonds is 6. The number of carbonyl (C=O) groups is 3. The maximum Gasteiger partial charge on any atom is 0.323 e. The lowest BCUT2D eigenvalue weighted by molar-refractivity contribution is -0.189. The monoisotopic (exact) mass is 488 g/mol. The van der Waals surface area contributed by atoms with Crippen molar-refractivity contribution < 1.29 is 28.6 Å². The molecule has 31 heavy (non-hydrogen) atoms. The van der Waals surface area contributed by atoms with Gasteiger partial charge in [-0.25, -0.2) is 0 Å². The number of hydrogen-bond acceptors (Lipinski definition) is 6. The third kappa shape index (κ3) is 4.72. The Balaban J connectivity index is 1.95. The minimum absolute atomic E-state index is 0.0354. The average Bonchev–Trinajstić information content (AvgIpc) is 2.79. The van der Waals surface area contributed by atoms with E-state index in [4.69, 9.17) is 14.2 Å². The van der Waals surface area contributed by atoms with E-state index in [9.17, 15) is 14.4 Å². The number of Topliss-reactive ketones (excluding diaryl/α,β-unsaturated/α-hetero) is 1. The first-order valence-electron chi connectivity index (χ1n) is 9.95. The van der Waals surface area contributed by atoms with Gasteiger partial charge in [0.15, 0.2) is 11.2 Å². The SMILES string of the molecule is COC(=O)C1(C(=O)OC)C[C@@H](c2ccc(C)cc2)OC[C@H]1CC(=O)c1ccc(Br)cc1. The molecule has 1 aliphatic heterocycles. The van der Waals surface area contributed by atoms with E-state index in [0.29, 0.717) is 5.56 Å². The fourth-order valence-corrected chi connectivity index (χ4v) is 4.31. The molecule has 0 bridgehead atoms. The van der Waals surface area contributed by atoms with Crippen LogP contribution in [0.1, 0.15) is 40.4 Å². The first-order chi connectivity index (χ1) is 14.8. The van der Waals surface area contributed by atoms with Crippen LogP contribution in [-0.2, 0) is 23.8 Å². The highest BCUT2D eigenvalue weighted by Gasteiger charge is 2.58. The summed E-state index contributed by atoms with van der Waals surface area (Å²) in [6.07, 6.45) is -0.516. The fourth-order valence-electron chi connectivity index (χ4n) is 4.05. The second kappa shape index (κ2) is 9.75. The molecule has 0 unspecified atom stereocenters. The molecule has 0 saturated carbocycles. The van der Waals surface area contributed by atoms with Gasteiger partial charge in [-0.15, -0.1) is 0 Å². The summed E-state index contributed by atoms with van der Waals surface area (Å²) in [6, 6.07) is 14.6. The van der Waals surface area contributed by atoms with E-state index in [1.54, 1.807) is 24.3 Å². The number of esters is 2. The lowest BCUT2D eigenvalue weighted by atomic mass is 9.67. The summed E-state index contributed by atoms with van der Waals surface area (Å²) in [4.78, 5) is 38.9. The van der Waals surface area contributed by atoms with Crippen LogP contribution in [0.25, 0.3) is 0 Å². The van der Waals surface area contributed by atoms with Gasteiger partial charge in [0.2, 0.25) is 0 Å². The molecule has 0 aliphatic carbocycles. The molecule has 0 N–H and O–H groups in total. The van der Waals surface area contributed by atoms with Crippen LogP contribution in [-0.4, -0.2) is 38.5 Å². The standard InChI is InChI=1S/C24H25BrO6/c1-15-4-6-17(7-5-15)21-13-24(22(27)29-2,23(28)30-3)18(14-31-21)12-20(26)16-8-10-19(25)11-9-16/h4-11,18,21H,12-14H2,1-3H3/t18-,21+/m1/s1. The summed E-state index contributed by atoms with van der Waals surface area (Å²) in [7, 11) is 2.47. The maximum absolute atomic E-state index is 13.0. The van der Waals surface area contributed by atoms with Gasteiger partial charge in [0.25, 0.3) is 0 Å². The minimum Gasteiger partial charge on any atom is -0.468 e. The van der Waals surface area contributed by atoms with Gasteiger partial charge >= 0.3 is 11.9 Å². The molecule has 0 aromatic heterocycles. The van der Waals surface area contributed by atoms with Crippen LogP contribution < -0.4 is 0 Å². The number of hydrogen-bond donors (Lipinski definition) is 0. The van der Waals surface area contributed by atoms with Gasteiger partial charge in [0.1, 0.15) is 0 Å². The van der Waals surface area contributed by atoms with Gasteiger partial charge in [0.05, 0.1) is 26.9 Å². The van der Waals surface area contributed by atoms with E-state index >= 15 is 0 Å². The summed E-state index contributed by atoms with van der Waals surface area (Å²) in [6.45, 7) is 2.02. The molecular weight excluding hydrogens is 464 g/mol. The largest absolute Gasteiger partial charge is 0.468 e. The predicted molar refractivity (Wildman–Crippen MR) is 118 cm³/mol. The van der Waals surface area contributed by atoms with E-state index in [-0.39, 0.29) is 25.2 Å². The molecule has 7 heteroatoms. The Hall–Kier alpha value is -2.51. The predicted octanol–water partition coefficient (Wildman–Crippen LogP) is 4.44. The van der Waals surface area contributed by atoms with E-state index in [0.717, 1.165) is 15.6 Å². The third-order valence-corrected chi connectivity index (χ3v) is 6.38. The zero-order valence-electron chi connectivity index (χ0n) is 17.7. The molecule has 164 valence electrons. The summed E-state index contributed by atoms with van der Waals surface area (Å²) < 4.78 is 17.0. The average molecular weight is 489 g/mol. The molecule has 2 aromatic rings. The van der Waals surface area contributed by atoms with Crippen LogP contribution in [0.3, 0.4) is 0 Å². The number of halogens is 1. The van der Waals surface area contributed by atoms with E-state index < -0.39 is 29.4 Å². The Morgan fingerprint density at radius 3 is 2.13 bits per heavy atom. The van der Waals surface area contributed by atoms with Gasteiger partial charge in [-0.3, -0.25) is 14.4 Å². The van der Waals surface area contributed by atoms with Crippen LogP contribution in [0.2, 0.25) is 0 Å². The van der Waals surface area contributed by atoms with Crippen molar-refractivity contribution in [1.82, 2.24) is 0 Å². The van der Waals surface area contributed by atoms with Crippen molar-refractivity contribution in [2.75, 3.05) is 20.8 Å². The highest BCUT2D eigenvalue weighted by molar-refractivity contribution is 9.10. The molecule has 0 spiro atoms. The van der Waals surface area contributed by atoms with Gasteiger partial charge in [-0.2, -0.15) is 0 Å². The van der Waals surface area contributed by atoms with Crippen molar-refractivity contribution in [2.24, 2.45) is 11.3 Å². The Labute approximate surface area is 190 Å². The zero-order valence-corrected chi connectivity index (χ0v) is 19.3. The topological polar surface area (TPSA) is 78.9 Å². The molecule has 0 amide bonds. The molecule has 6 nitrogen and oxygen atoms in total. The summed E-state index contributed by atoms with van der Waals surface area (Å²) >= 11 is 3.35. The van der Waals surface area contributed by atoms with E-state index in [1.165, 1.54) is 14.2 Å². The summed E-state index contributed by atoms with van der Waals surface area (Å²) in [5.41, 5.74) is 0.792. The number of methoxy groups -OCH3 is 2. The van der Waals surface area contributed by atoms with Crippen molar-refractivity contribution in [3.63, 3.8) is 0 Å². The van der Waals surface area contributed by atoms with Gasteiger partial charge in [-0.05, 0) is 24.6 Å². The van der Waals surface area contributed by atoms with Crippen molar-refractivity contribution in [1.29, 1.82) is 0 Å². The lowest BCUT2D eigenvalue weighted by Crippen LogP contribution is -2.53. The molecule has 0 radical (unpaired) electrons. The molecule has 1 fully saturated rings. The third-order valence-electron chi connectivity index (χ3n) is 5.85. The van der Waals surface area contributed by atoms with Gasteiger partial charge in [-0.1, -0.05) is 57.9 Å². The maximum atomic E-state index is 13.0. The molecule has 1 heterocycles. The molecule has 1 saturated heterocycles. The number of carbonyl (C=O) groups excluding carboxylic acids is 3. The number of aryl methyl sites for hydroxylation is 1. The first-order valence-corrected chi connectivity index (χ1v) is 10.7. The Morgan fingerprint density at radius 1 is 1.00 bits per heavy atom. The Bertz CT molecular complexity index is 935. The Morgan fingerprint density at radius 2 is 1.58 bits per heavy atom. The number of ketones is 1. The number of ether oxygens (including phenoxy) is 3. The van der Waals surface area contributed by atoms with Crippen molar-refractivity contribution in [2.45, 2.75) is 25.9 Å². The van der Waals surface area contributed by atoms with Crippen LogP contribution in [0.5, 0.6) is 0 Å². The van der Waals surface area contributed by atoms with Crippen LogP contribution in [0.4, 0.5) is 0 Å². The first kappa shape index (κ1) is 23.2. The minimum atomic E-state index is -1.64. The smallest absolute Gasteiger partial charge is 0.323 e. The van der Waals surface area contributed by atoms with Gasteiger partial charge < -0.3 is 14.2 Å².